The molecule has 4 aliphatic carbocycles. The van der Waals surface area contributed by atoms with Crippen LogP contribution in [0.5, 0.6) is 0 Å². The zero-order valence-electron chi connectivity index (χ0n) is 26.1. The first-order valence-corrected chi connectivity index (χ1v) is 15.6. The number of carbonyl (C=O) groups excluding carboxylic acids is 4. The topological polar surface area (TPSA) is 147 Å². The third kappa shape index (κ3) is 4.53. The minimum atomic E-state index is -2.27. The van der Waals surface area contributed by atoms with E-state index in [-0.39, 0.29) is 17.6 Å². The van der Waals surface area contributed by atoms with Crippen LogP contribution in [-0.2, 0) is 28.7 Å². The molecule has 42 heavy (non-hydrogen) atoms. The van der Waals surface area contributed by atoms with Gasteiger partial charge in [-0.15, -0.1) is 0 Å². The van der Waals surface area contributed by atoms with Crippen LogP contribution in [0.1, 0.15) is 93.4 Å². The molecule has 0 heterocycles. The van der Waals surface area contributed by atoms with Crippen molar-refractivity contribution in [3.63, 3.8) is 0 Å². The summed E-state index contributed by atoms with van der Waals surface area (Å²) < 4.78 is 12.4. The van der Waals surface area contributed by atoms with E-state index in [1.165, 1.54) is 13.0 Å². The SMILES string of the molecule is CCCCCCCC(=O)O[C@@]12[C@H](OC(=O)[C@@H](C)CC)[C@@H](C)[C@@]3(O)[C@@H](C(=O)C(CO)=C[C@]4(O)C(=O)C(C)=C[C@@H]34)[C@@H]1C2(C)C. The van der Waals surface area contributed by atoms with E-state index in [1.807, 2.05) is 20.8 Å². The number of rotatable bonds is 11. The van der Waals surface area contributed by atoms with Gasteiger partial charge in [-0.25, -0.2) is 0 Å². The minimum absolute atomic E-state index is 0.165. The number of ketones is 2. The first kappa shape index (κ1) is 32.6. The number of hydrogen-bond donors (Lipinski definition) is 3. The van der Waals surface area contributed by atoms with Crippen LogP contribution >= 0.6 is 0 Å². The summed E-state index contributed by atoms with van der Waals surface area (Å²) in [6.45, 7) is 11.7. The first-order valence-electron chi connectivity index (χ1n) is 15.6. The fraction of sp³-hybridized carbons (Fsp3) is 0.758. The molecule has 9 nitrogen and oxygen atoms in total. The Kier molecular flexibility index (Phi) is 8.75. The molecule has 4 aliphatic rings. The van der Waals surface area contributed by atoms with E-state index in [9.17, 15) is 34.5 Å². The maximum Gasteiger partial charge on any atom is 0.309 e. The highest BCUT2D eigenvalue weighted by molar-refractivity contribution is 6.09. The molecule has 0 unspecified atom stereocenters. The monoisotopic (exact) mass is 588 g/mol. The highest BCUT2D eigenvalue weighted by atomic mass is 16.6. The average molecular weight is 589 g/mol. The molecule has 0 aromatic rings. The fourth-order valence-electron chi connectivity index (χ4n) is 8.18. The molecular formula is C33H48O9. The van der Waals surface area contributed by atoms with Gasteiger partial charge in [0.2, 0.25) is 0 Å². The molecule has 234 valence electrons. The average Bonchev–Trinajstić information content (AvgIpc) is 3.34. The molecule has 0 saturated heterocycles. The Hall–Kier alpha value is -2.36. The highest BCUT2D eigenvalue weighted by Crippen LogP contribution is 2.77. The lowest BCUT2D eigenvalue weighted by Crippen LogP contribution is -2.67. The Morgan fingerprint density at radius 1 is 1.07 bits per heavy atom. The van der Waals surface area contributed by atoms with Crippen molar-refractivity contribution in [1.82, 2.24) is 0 Å². The Morgan fingerprint density at radius 3 is 2.31 bits per heavy atom. The van der Waals surface area contributed by atoms with Crippen molar-refractivity contribution in [3.05, 3.63) is 23.3 Å². The maximum atomic E-state index is 14.2. The molecular weight excluding hydrogens is 540 g/mol. The van der Waals surface area contributed by atoms with Gasteiger partial charge in [-0.05, 0) is 31.4 Å². The summed E-state index contributed by atoms with van der Waals surface area (Å²) in [7, 11) is 0. The van der Waals surface area contributed by atoms with Crippen LogP contribution in [0.4, 0.5) is 0 Å². The van der Waals surface area contributed by atoms with Crippen molar-refractivity contribution >= 4 is 23.5 Å². The summed E-state index contributed by atoms with van der Waals surface area (Å²) >= 11 is 0. The van der Waals surface area contributed by atoms with Gasteiger partial charge in [-0.2, -0.15) is 0 Å². The van der Waals surface area contributed by atoms with E-state index in [0.29, 0.717) is 12.8 Å². The molecule has 0 bridgehead atoms. The van der Waals surface area contributed by atoms with Crippen molar-refractivity contribution in [1.29, 1.82) is 0 Å². The molecule has 0 amide bonds. The standard InChI is InChI=1S/C33H48O9/c1-8-10-11-12-13-14-23(35)42-33-26(30(33,6)7)24-25(36)21(17-34)16-31(39)22(15-19(4)27(31)37)32(24,40)20(5)28(33)41-29(38)18(3)9-2/h15-16,18,20,22,24,26,28,34,39-40H,8-14,17H2,1-7H3/t18-,20+,22+,24-,26+,28+,31+,32-,33+/m0/s1. The lowest BCUT2D eigenvalue weighted by Gasteiger charge is -2.52. The summed E-state index contributed by atoms with van der Waals surface area (Å²) in [4.78, 5) is 54.1. The van der Waals surface area contributed by atoms with Crippen molar-refractivity contribution in [2.24, 2.45) is 35.0 Å². The molecule has 3 N–H and O–H groups in total. The largest absolute Gasteiger partial charge is 0.457 e. The van der Waals surface area contributed by atoms with E-state index in [4.69, 9.17) is 9.47 Å². The number of aliphatic hydroxyl groups excluding tert-OH is 1. The van der Waals surface area contributed by atoms with E-state index in [1.54, 1.807) is 13.8 Å². The molecule has 9 atom stereocenters. The van der Waals surface area contributed by atoms with Crippen LogP contribution in [0.3, 0.4) is 0 Å². The maximum absolute atomic E-state index is 14.2. The van der Waals surface area contributed by atoms with Gasteiger partial charge < -0.3 is 24.8 Å². The normalized spacial score (nSPS) is 38.8. The smallest absolute Gasteiger partial charge is 0.309 e. The predicted molar refractivity (Wildman–Crippen MR) is 154 cm³/mol. The molecule has 2 saturated carbocycles. The molecule has 0 aromatic carbocycles. The van der Waals surface area contributed by atoms with E-state index in [0.717, 1.165) is 31.8 Å². The van der Waals surface area contributed by atoms with Crippen LogP contribution in [0, 0.1) is 35.0 Å². The van der Waals surface area contributed by atoms with Gasteiger partial charge in [0.05, 0.1) is 24.0 Å². The number of fused-ring (bicyclic) bond motifs is 5. The highest BCUT2D eigenvalue weighted by Gasteiger charge is 2.89. The van der Waals surface area contributed by atoms with Crippen LogP contribution < -0.4 is 0 Å². The van der Waals surface area contributed by atoms with Gasteiger partial charge in [0.15, 0.2) is 22.8 Å². The van der Waals surface area contributed by atoms with Crippen molar-refractivity contribution in [2.75, 3.05) is 6.61 Å². The Labute approximate surface area is 248 Å². The second-order valence-electron chi connectivity index (χ2n) is 13.6. The summed E-state index contributed by atoms with van der Waals surface area (Å²) in [5, 5.41) is 34.7. The summed E-state index contributed by atoms with van der Waals surface area (Å²) in [5.74, 6) is -7.07. The van der Waals surface area contributed by atoms with Gasteiger partial charge in [0.1, 0.15) is 6.10 Å². The zero-order valence-corrected chi connectivity index (χ0v) is 26.1. The second kappa shape index (κ2) is 11.3. The van der Waals surface area contributed by atoms with Gasteiger partial charge in [0.25, 0.3) is 0 Å². The second-order valence-corrected chi connectivity index (χ2v) is 13.6. The number of aliphatic hydroxyl groups is 3. The number of esters is 2. The number of Topliss-reactive ketones (excluding diaryl/α,β-unsaturated/α-hetero) is 2. The zero-order chi connectivity index (χ0) is 31.4. The van der Waals surface area contributed by atoms with Gasteiger partial charge >= 0.3 is 11.9 Å². The summed E-state index contributed by atoms with van der Waals surface area (Å²) in [5.41, 5.74) is -6.64. The van der Waals surface area contributed by atoms with Crippen LogP contribution in [0.2, 0.25) is 0 Å². The first-order chi connectivity index (χ1) is 19.6. The predicted octanol–water partition coefficient (Wildman–Crippen LogP) is 3.62. The van der Waals surface area contributed by atoms with Gasteiger partial charge in [-0.1, -0.05) is 73.3 Å². The van der Waals surface area contributed by atoms with Gasteiger partial charge in [-0.3, -0.25) is 19.2 Å². The molecule has 0 spiro atoms. The lowest BCUT2D eigenvalue weighted by molar-refractivity contribution is -0.231. The molecule has 2 fully saturated rings. The Morgan fingerprint density at radius 2 is 1.71 bits per heavy atom. The molecule has 9 heteroatoms. The molecule has 0 aliphatic heterocycles. The van der Waals surface area contributed by atoms with E-state index in [2.05, 4.69) is 6.92 Å². The van der Waals surface area contributed by atoms with Crippen LogP contribution in [0.15, 0.2) is 23.3 Å². The van der Waals surface area contributed by atoms with E-state index < -0.39 is 88.0 Å². The third-order valence-electron chi connectivity index (χ3n) is 10.9. The molecule has 0 radical (unpaired) electrons. The number of unbranched alkanes of at least 4 members (excludes halogenated alkanes) is 4. The Bertz CT molecular complexity index is 1200. The molecule has 0 aromatic heterocycles. The van der Waals surface area contributed by atoms with E-state index >= 15 is 0 Å². The minimum Gasteiger partial charge on any atom is -0.457 e. The number of carbonyl (C=O) groups is 4. The summed E-state index contributed by atoms with van der Waals surface area (Å²) in [6.07, 6.45) is 6.74. The lowest BCUT2D eigenvalue weighted by atomic mass is 9.58. The number of hydrogen-bond acceptors (Lipinski definition) is 9. The van der Waals surface area contributed by atoms with Crippen molar-refractivity contribution in [3.8, 4) is 0 Å². The van der Waals surface area contributed by atoms with Gasteiger partial charge in [0, 0.05) is 35.2 Å². The molecule has 4 rings (SSSR count). The van der Waals surface area contributed by atoms with Crippen molar-refractivity contribution in [2.45, 2.75) is 116 Å². The fourth-order valence-corrected chi connectivity index (χ4v) is 8.18. The number of ether oxygens (including phenoxy) is 2. The Balaban J connectivity index is 1.84. The summed E-state index contributed by atoms with van der Waals surface area (Å²) in [6, 6.07) is 0. The van der Waals surface area contributed by atoms with Crippen molar-refractivity contribution < 1.29 is 44.0 Å². The van der Waals surface area contributed by atoms with Crippen LogP contribution in [-0.4, -0.2) is 68.3 Å². The van der Waals surface area contributed by atoms with Crippen LogP contribution in [0.25, 0.3) is 0 Å². The quantitative estimate of drug-likeness (QED) is 0.243. The third-order valence-corrected chi connectivity index (χ3v) is 10.9.